The van der Waals surface area contributed by atoms with Crippen LogP contribution >= 0.6 is 0 Å². The SMILES string of the molecule is CC.CNC(=O)C(NC(C)=O)c1cccc(C2CCOCC2)n1. The van der Waals surface area contributed by atoms with Crippen LogP contribution in [0.4, 0.5) is 0 Å². The van der Waals surface area contributed by atoms with Gasteiger partial charge >= 0.3 is 0 Å². The molecule has 0 aromatic carbocycles. The third kappa shape index (κ3) is 5.63. The molecule has 1 aliphatic heterocycles. The molecular formula is C17H27N3O3. The zero-order chi connectivity index (χ0) is 17.2. The molecule has 23 heavy (non-hydrogen) atoms. The number of ether oxygens (including phenoxy) is 1. The number of carbonyl (C=O) groups excluding carboxylic acids is 2. The summed E-state index contributed by atoms with van der Waals surface area (Å²) < 4.78 is 5.36. The van der Waals surface area contributed by atoms with E-state index in [0.717, 1.165) is 31.7 Å². The van der Waals surface area contributed by atoms with E-state index in [1.807, 2.05) is 26.0 Å². The molecule has 1 aromatic heterocycles. The molecule has 2 amide bonds. The Hall–Kier alpha value is -1.95. The van der Waals surface area contributed by atoms with Gasteiger partial charge in [-0.1, -0.05) is 19.9 Å². The maximum Gasteiger partial charge on any atom is 0.248 e. The maximum atomic E-state index is 11.9. The summed E-state index contributed by atoms with van der Waals surface area (Å²) in [6.07, 6.45) is 1.86. The van der Waals surface area contributed by atoms with Gasteiger partial charge in [0.15, 0.2) is 6.04 Å². The number of amides is 2. The Morgan fingerprint density at radius 3 is 2.48 bits per heavy atom. The molecule has 1 unspecified atom stereocenters. The molecule has 1 aromatic rings. The Bertz CT molecular complexity index is 514. The van der Waals surface area contributed by atoms with Gasteiger partial charge in [0.05, 0.1) is 5.69 Å². The van der Waals surface area contributed by atoms with Crippen molar-refractivity contribution in [1.82, 2.24) is 15.6 Å². The molecule has 0 bridgehead atoms. The number of nitrogens with one attached hydrogen (secondary N) is 2. The topological polar surface area (TPSA) is 80.3 Å². The van der Waals surface area contributed by atoms with Crippen LogP contribution in [0.1, 0.15) is 57.0 Å². The number of carbonyl (C=O) groups is 2. The third-order valence-corrected chi connectivity index (χ3v) is 3.58. The first-order valence-electron chi connectivity index (χ1n) is 8.15. The van der Waals surface area contributed by atoms with Gasteiger partial charge in [0.1, 0.15) is 0 Å². The van der Waals surface area contributed by atoms with Crippen molar-refractivity contribution in [2.75, 3.05) is 20.3 Å². The second kappa shape index (κ2) is 9.94. The van der Waals surface area contributed by atoms with Crippen LogP contribution in [0.3, 0.4) is 0 Å². The predicted octanol–water partition coefficient (Wildman–Crippen LogP) is 1.92. The Morgan fingerprint density at radius 2 is 1.91 bits per heavy atom. The number of likely N-dealkylation sites (N-methyl/N-ethyl adjacent to an activating group) is 1. The zero-order valence-corrected chi connectivity index (χ0v) is 14.4. The monoisotopic (exact) mass is 321 g/mol. The Labute approximate surface area is 138 Å². The van der Waals surface area contributed by atoms with Crippen molar-refractivity contribution in [2.45, 2.75) is 45.6 Å². The molecule has 128 valence electrons. The van der Waals surface area contributed by atoms with E-state index in [0.29, 0.717) is 11.6 Å². The molecule has 6 heteroatoms. The minimum atomic E-state index is -0.757. The molecule has 0 spiro atoms. The average Bonchev–Trinajstić information content (AvgIpc) is 2.61. The highest BCUT2D eigenvalue weighted by Gasteiger charge is 2.24. The first-order valence-corrected chi connectivity index (χ1v) is 8.15. The number of pyridine rings is 1. The second-order valence-corrected chi connectivity index (χ2v) is 5.12. The standard InChI is InChI=1S/C15H21N3O3.C2H6/c1-10(19)17-14(15(20)16-2)13-5-3-4-12(18-13)11-6-8-21-9-7-11;1-2/h3-5,11,14H,6-9H2,1-2H3,(H,16,20)(H,17,19);1-2H3. The molecule has 0 radical (unpaired) electrons. The normalized spacial score (nSPS) is 15.8. The third-order valence-electron chi connectivity index (χ3n) is 3.58. The van der Waals surface area contributed by atoms with Crippen LogP contribution in [0.25, 0.3) is 0 Å². The number of aromatic nitrogens is 1. The molecule has 0 aliphatic carbocycles. The van der Waals surface area contributed by atoms with Crippen LogP contribution in [-0.4, -0.2) is 37.1 Å². The van der Waals surface area contributed by atoms with E-state index in [-0.39, 0.29) is 11.8 Å². The van der Waals surface area contributed by atoms with E-state index in [9.17, 15) is 9.59 Å². The zero-order valence-electron chi connectivity index (χ0n) is 14.4. The quantitative estimate of drug-likeness (QED) is 0.888. The van der Waals surface area contributed by atoms with Crippen molar-refractivity contribution in [1.29, 1.82) is 0 Å². The minimum absolute atomic E-state index is 0.262. The van der Waals surface area contributed by atoms with Gasteiger partial charge in [0.25, 0.3) is 0 Å². The van der Waals surface area contributed by atoms with Crippen molar-refractivity contribution in [3.63, 3.8) is 0 Å². The molecule has 1 fully saturated rings. The van der Waals surface area contributed by atoms with Gasteiger partial charge in [-0.3, -0.25) is 14.6 Å². The second-order valence-electron chi connectivity index (χ2n) is 5.12. The van der Waals surface area contributed by atoms with Crippen LogP contribution in [0.15, 0.2) is 18.2 Å². The van der Waals surface area contributed by atoms with Crippen molar-refractivity contribution in [3.8, 4) is 0 Å². The van der Waals surface area contributed by atoms with Gasteiger partial charge < -0.3 is 15.4 Å². The lowest BCUT2D eigenvalue weighted by molar-refractivity contribution is -0.128. The van der Waals surface area contributed by atoms with Gasteiger partial charge in [-0.15, -0.1) is 0 Å². The van der Waals surface area contributed by atoms with E-state index >= 15 is 0 Å². The van der Waals surface area contributed by atoms with E-state index < -0.39 is 6.04 Å². The lowest BCUT2D eigenvalue weighted by Gasteiger charge is -2.23. The summed E-state index contributed by atoms with van der Waals surface area (Å²) in [5, 5.41) is 5.19. The van der Waals surface area contributed by atoms with E-state index in [1.54, 1.807) is 13.1 Å². The maximum absolute atomic E-state index is 11.9. The van der Waals surface area contributed by atoms with Gasteiger partial charge in [-0.2, -0.15) is 0 Å². The number of hydrogen-bond acceptors (Lipinski definition) is 4. The lowest BCUT2D eigenvalue weighted by atomic mass is 9.95. The molecule has 6 nitrogen and oxygen atoms in total. The largest absolute Gasteiger partial charge is 0.381 e. The number of hydrogen-bond donors (Lipinski definition) is 2. The predicted molar refractivity (Wildman–Crippen MR) is 89.0 cm³/mol. The summed E-state index contributed by atoms with van der Waals surface area (Å²) in [7, 11) is 1.54. The molecule has 1 atom stereocenters. The van der Waals surface area contributed by atoms with Gasteiger partial charge in [0.2, 0.25) is 11.8 Å². The summed E-state index contributed by atoms with van der Waals surface area (Å²) in [5.74, 6) is -0.190. The number of nitrogens with zero attached hydrogens (tertiary/aromatic N) is 1. The molecule has 2 rings (SSSR count). The van der Waals surface area contributed by atoms with Crippen molar-refractivity contribution >= 4 is 11.8 Å². The van der Waals surface area contributed by atoms with Crippen LogP contribution in [-0.2, 0) is 14.3 Å². The van der Waals surface area contributed by atoms with Crippen LogP contribution in [0.2, 0.25) is 0 Å². The van der Waals surface area contributed by atoms with Crippen molar-refractivity contribution < 1.29 is 14.3 Å². The van der Waals surface area contributed by atoms with E-state index in [2.05, 4.69) is 15.6 Å². The Balaban J connectivity index is 0.00000127. The van der Waals surface area contributed by atoms with Gasteiger partial charge in [-0.05, 0) is 25.0 Å². The first-order chi connectivity index (χ1) is 11.1. The van der Waals surface area contributed by atoms with Gasteiger partial charge in [-0.25, -0.2) is 0 Å². The smallest absolute Gasteiger partial charge is 0.248 e. The Kier molecular flexibility index (Phi) is 8.26. The molecule has 2 N–H and O–H groups in total. The average molecular weight is 321 g/mol. The molecule has 0 saturated carbocycles. The summed E-state index contributed by atoms with van der Waals surface area (Å²) in [6, 6.07) is 4.85. The summed E-state index contributed by atoms with van der Waals surface area (Å²) in [4.78, 5) is 27.8. The molecule has 1 aliphatic rings. The molecule has 1 saturated heterocycles. The summed E-state index contributed by atoms with van der Waals surface area (Å²) >= 11 is 0. The summed E-state index contributed by atoms with van der Waals surface area (Å²) in [6.45, 7) is 6.86. The van der Waals surface area contributed by atoms with E-state index in [1.165, 1.54) is 6.92 Å². The summed E-state index contributed by atoms with van der Waals surface area (Å²) in [5.41, 5.74) is 1.52. The van der Waals surface area contributed by atoms with Crippen LogP contribution in [0, 0.1) is 0 Å². The first kappa shape index (κ1) is 19.1. The highest BCUT2D eigenvalue weighted by atomic mass is 16.5. The highest BCUT2D eigenvalue weighted by Crippen LogP contribution is 2.26. The highest BCUT2D eigenvalue weighted by molar-refractivity contribution is 5.87. The van der Waals surface area contributed by atoms with Crippen molar-refractivity contribution in [3.05, 3.63) is 29.6 Å². The molecule has 2 heterocycles. The number of rotatable bonds is 4. The molecular weight excluding hydrogens is 294 g/mol. The fraction of sp³-hybridized carbons (Fsp3) is 0.588. The fourth-order valence-corrected chi connectivity index (χ4v) is 2.47. The Morgan fingerprint density at radius 1 is 1.26 bits per heavy atom. The van der Waals surface area contributed by atoms with Crippen LogP contribution < -0.4 is 10.6 Å². The van der Waals surface area contributed by atoms with E-state index in [4.69, 9.17) is 4.74 Å². The van der Waals surface area contributed by atoms with Gasteiger partial charge in [0, 0.05) is 38.8 Å². The fourth-order valence-electron chi connectivity index (χ4n) is 2.47. The van der Waals surface area contributed by atoms with Crippen LogP contribution in [0.5, 0.6) is 0 Å². The lowest BCUT2D eigenvalue weighted by Crippen LogP contribution is -2.38. The minimum Gasteiger partial charge on any atom is -0.381 e. The van der Waals surface area contributed by atoms with Crippen molar-refractivity contribution in [2.24, 2.45) is 0 Å².